The zero-order valence-corrected chi connectivity index (χ0v) is 16.6. The van der Waals surface area contributed by atoms with Gasteiger partial charge in [-0.15, -0.1) is 0 Å². The normalized spacial score (nSPS) is 13.0. The standard InChI is InChI=1S/C4H9O.3C4H9.Sn/c1-4(2)5-3;3*1-3-4-2;/h1-3H3;3*1,3-4H2,2H3;. The van der Waals surface area contributed by atoms with Crippen molar-refractivity contribution >= 4 is 18.4 Å². The molecule has 0 N–H and O–H groups in total. The van der Waals surface area contributed by atoms with Crippen LogP contribution in [0, 0.1) is 0 Å². The van der Waals surface area contributed by atoms with E-state index in [1.807, 2.05) is 7.11 Å². The molecule has 0 aromatic rings. The summed E-state index contributed by atoms with van der Waals surface area (Å²) in [5.41, 5.74) is 0. The van der Waals surface area contributed by atoms with E-state index in [-0.39, 0.29) is 3.62 Å². The van der Waals surface area contributed by atoms with Crippen LogP contribution < -0.4 is 0 Å². The third-order valence-electron chi connectivity index (χ3n) is 4.81. The maximum absolute atomic E-state index is 5.99. The Morgan fingerprint density at radius 1 is 0.778 bits per heavy atom. The van der Waals surface area contributed by atoms with E-state index in [0.29, 0.717) is 0 Å². The van der Waals surface area contributed by atoms with Crippen LogP contribution in [0.1, 0.15) is 73.1 Å². The summed E-state index contributed by atoms with van der Waals surface area (Å²) in [6, 6.07) is 0. The quantitative estimate of drug-likeness (QED) is 0.422. The van der Waals surface area contributed by atoms with Gasteiger partial charge in [0.1, 0.15) is 0 Å². The van der Waals surface area contributed by atoms with Gasteiger partial charge in [-0.25, -0.2) is 0 Å². The molecule has 0 atom stereocenters. The van der Waals surface area contributed by atoms with Crippen LogP contribution in [0.4, 0.5) is 0 Å². The molecule has 0 saturated heterocycles. The molecular weight excluding hydrogens is 327 g/mol. The minimum absolute atomic E-state index is 0.216. The molecule has 0 spiro atoms. The number of hydrogen-bond donors (Lipinski definition) is 0. The van der Waals surface area contributed by atoms with Crippen molar-refractivity contribution in [2.24, 2.45) is 0 Å². The summed E-state index contributed by atoms with van der Waals surface area (Å²) in [5.74, 6) is 0. The van der Waals surface area contributed by atoms with Gasteiger partial charge in [0.15, 0.2) is 0 Å². The average Bonchev–Trinajstić information content (AvgIpc) is 2.38. The Kier molecular flexibility index (Phi) is 10.0. The molecule has 0 amide bonds. The molecule has 18 heavy (non-hydrogen) atoms. The molecule has 0 aromatic carbocycles. The fourth-order valence-electron chi connectivity index (χ4n) is 3.04. The van der Waals surface area contributed by atoms with Crippen LogP contribution in [0.5, 0.6) is 0 Å². The summed E-state index contributed by atoms with van der Waals surface area (Å²) < 4.78 is 10.8. The first-order chi connectivity index (χ1) is 8.49. The van der Waals surface area contributed by atoms with E-state index in [2.05, 4.69) is 34.6 Å². The van der Waals surface area contributed by atoms with E-state index in [0.717, 1.165) is 0 Å². The SMILES string of the molecule is CCC[CH2][Sn]([CH2]CCC)([CH2]CCC)[C](C)(C)OC. The van der Waals surface area contributed by atoms with Gasteiger partial charge in [-0.3, -0.25) is 0 Å². The zero-order chi connectivity index (χ0) is 14.1. The Hall–Kier alpha value is 0.759. The first kappa shape index (κ1) is 18.8. The van der Waals surface area contributed by atoms with Crippen molar-refractivity contribution < 1.29 is 4.74 Å². The molecule has 0 aromatic heterocycles. The van der Waals surface area contributed by atoms with Gasteiger partial charge in [-0.05, 0) is 0 Å². The molecule has 0 bridgehead atoms. The Morgan fingerprint density at radius 3 is 1.33 bits per heavy atom. The number of methoxy groups -OCH3 is 1. The topological polar surface area (TPSA) is 9.23 Å². The molecule has 0 aliphatic heterocycles. The maximum atomic E-state index is 5.99. The molecule has 0 saturated carbocycles. The molecule has 0 aliphatic carbocycles. The first-order valence-electron chi connectivity index (χ1n) is 8.04. The molecule has 0 aliphatic rings. The number of unbranched alkanes of at least 4 members (excludes halogenated alkanes) is 3. The third-order valence-corrected chi connectivity index (χ3v) is 23.9. The number of ether oxygens (including phenoxy) is 1. The van der Waals surface area contributed by atoms with Gasteiger partial charge in [-0.1, -0.05) is 0 Å². The van der Waals surface area contributed by atoms with Crippen LogP contribution >= 0.6 is 0 Å². The van der Waals surface area contributed by atoms with Crippen LogP contribution in [0.2, 0.25) is 13.3 Å². The first-order valence-corrected chi connectivity index (χ1v) is 15.5. The monoisotopic (exact) mass is 364 g/mol. The fraction of sp³-hybridized carbons (Fsp3) is 1.00. The van der Waals surface area contributed by atoms with Gasteiger partial charge in [-0.2, -0.15) is 0 Å². The van der Waals surface area contributed by atoms with Crippen LogP contribution in [-0.4, -0.2) is 29.1 Å². The second-order valence-corrected chi connectivity index (χ2v) is 21.3. The summed E-state index contributed by atoms with van der Waals surface area (Å²) in [4.78, 5) is 0. The molecule has 1 nitrogen and oxygen atoms in total. The van der Waals surface area contributed by atoms with Gasteiger partial charge in [0.05, 0.1) is 0 Å². The summed E-state index contributed by atoms with van der Waals surface area (Å²) in [6.07, 6.45) is 8.31. The Labute approximate surface area is 120 Å². The molecule has 0 fully saturated rings. The van der Waals surface area contributed by atoms with Crippen LogP contribution in [-0.2, 0) is 4.74 Å². The summed E-state index contributed by atoms with van der Waals surface area (Å²) in [5, 5.41) is 0. The number of hydrogen-bond acceptors (Lipinski definition) is 1. The Morgan fingerprint density at radius 2 is 1.11 bits per heavy atom. The zero-order valence-electron chi connectivity index (χ0n) is 13.8. The van der Waals surface area contributed by atoms with Crippen molar-refractivity contribution in [2.45, 2.75) is 90.1 Å². The summed E-state index contributed by atoms with van der Waals surface area (Å²) in [7, 11) is 1.94. The molecular formula is C16H36OSn. The van der Waals surface area contributed by atoms with E-state index in [1.165, 1.54) is 51.8 Å². The van der Waals surface area contributed by atoms with Gasteiger partial charge < -0.3 is 0 Å². The molecule has 0 rings (SSSR count). The fourth-order valence-corrected chi connectivity index (χ4v) is 20.4. The second-order valence-electron chi connectivity index (χ2n) is 6.31. The van der Waals surface area contributed by atoms with Crippen molar-refractivity contribution in [2.75, 3.05) is 7.11 Å². The Balaban J connectivity index is 4.97. The van der Waals surface area contributed by atoms with E-state index < -0.39 is 18.4 Å². The van der Waals surface area contributed by atoms with E-state index in [1.54, 1.807) is 0 Å². The van der Waals surface area contributed by atoms with Crippen molar-refractivity contribution in [3.05, 3.63) is 0 Å². The van der Waals surface area contributed by atoms with E-state index in [9.17, 15) is 0 Å². The van der Waals surface area contributed by atoms with E-state index >= 15 is 0 Å². The molecule has 0 heterocycles. The van der Waals surface area contributed by atoms with Crippen molar-refractivity contribution in [1.82, 2.24) is 0 Å². The second kappa shape index (κ2) is 9.63. The molecule has 0 radical (unpaired) electrons. The average molecular weight is 363 g/mol. The van der Waals surface area contributed by atoms with E-state index in [4.69, 9.17) is 4.74 Å². The Bertz CT molecular complexity index is 179. The van der Waals surface area contributed by atoms with Gasteiger partial charge in [0.2, 0.25) is 0 Å². The summed E-state index contributed by atoms with van der Waals surface area (Å²) >= 11 is -2.17. The number of rotatable bonds is 11. The van der Waals surface area contributed by atoms with Crippen LogP contribution in [0.15, 0.2) is 0 Å². The molecule has 110 valence electrons. The third kappa shape index (κ3) is 5.40. The summed E-state index contributed by atoms with van der Waals surface area (Å²) in [6.45, 7) is 11.8. The predicted octanol–water partition coefficient (Wildman–Crippen LogP) is 5.80. The van der Waals surface area contributed by atoms with Gasteiger partial charge >= 0.3 is 120 Å². The van der Waals surface area contributed by atoms with Crippen molar-refractivity contribution in [3.8, 4) is 0 Å². The molecule has 0 unspecified atom stereocenters. The predicted molar refractivity (Wildman–Crippen MR) is 86.0 cm³/mol. The van der Waals surface area contributed by atoms with Gasteiger partial charge in [0.25, 0.3) is 0 Å². The van der Waals surface area contributed by atoms with Crippen LogP contribution in [0.25, 0.3) is 0 Å². The van der Waals surface area contributed by atoms with Gasteiger partial charge in [0, 0.05) is 0 Å². The van der Waals surface area contributed by atoms with Crippen molar-refractivity contribution in [1.29, 1.82) is 0 Å². The minimum atomic E-state index is -2.17. The molecule has 2 heteroatoms. The van der Waals surface area contributed by atoms with Crippen LogP contribution in [0.3, 0.4) is 0 Å². The van der Waals surface area contributed by atoms with Crippen molar-refractivity contribution in [3.63, 3.8) is 0 Å².